The summed E-state index contributed by atoms with van der Waals surface area (Å²) in [4.78, 5) is 14.4. The van der Waals surface area contributed by atoms with Gasteiger partial charge in [-0.3, -0.25) is 4.79 Å². The van der Waals surface area contributed by atoms with E-state index in [9.17, 15) is 4.79 Å². The molecule has 1 aliphatic heterocycles. The molecular formula is C17H25BrN2O2. The van der Waals surface area contributed by atoms with E-state index >= 15 is 0 Å². The Morgan fingerprint density at radius 3 is 2.95 bits per heavy atom. The van der Waals surface area contributed by atoms with Gasteiger partial charge in [0.25, 0.3) is 0 Å². The van der Waals surface area contributed by atoms with E-state index in [1.54, 1.807) is 7.11 Å². The molecule has 1 aromatic carbocycles. The zero-order valence-electron chi connectivity index (χ0n) is 13.3. The molecule has 1 amide bonds. The molecule has 0 saturated carbocycles. The summed E-state index contributed by atoms with van der Waals surface area (Å²) in [6.45, 7) is 3.71. The van der Waals surface area contributed by atoms with Gasteiger partial charge >= 0.3 is 0 Å². The maximum atomic E-state index is 12.4. The monoisotopic (exact) mass is 368 g/mol. The Kier molecular flexibility index (Phi) is 6.26. The summed E-state index contributed by atoms with van der Waals surface area (Å²) >= 11 is 3.48. The van der Waals surface area contributed by atoms with Crippen LogP contribution in [0.1, 0.15) is 31.7 Å². The van der Waals surface area contributed by atoms with Crippen molar-refractivity contribution in [3.8, 4) is 5.75 Å². The summed E-state index contributed by atoms with van der Waals surface area (Å²) in [5.41, 5.74) is 7.12. The molecule has 1 fully saturated rings. The summed E-state index contributed by atoms with van der Waals surface area (Å²) in [5.74, 6) is 1.48. The Hall–Kier alpha value is -1.07. The van der Waals surface area contributed by atoms with Crippen LogP contribution in [0.5, 0.6) is 5.75 Å². The van der Waals surface area contributed by atoms with Crippen molar-refractivity contribution >= 4 is 21.8 Å². The number of nitrogens with two attached hydrogens (primary N) is 1. The van der Waals surface area contributed by atoms with Gasteiger partial charge < -0.3 is 15.4 Å². The van der Waals surface area contributed by atoms with E-state index in [1.807, 2.05) is 30.0 Å². The lowest BCUT2D eigenvalue weighted by atomic mass is 9.92. The molecule has 1 saturated heterocycles. The maximum absolute atomic E-state index is 12.4. The fourth-order valence-corrected chi connectivity index (χ4v) is 3.53. The first-order chi connectivity index (χ1) is 10.5. The predicted octanol–water partition coefficient (Wildman–Crippen LogP) is 2.98. The Morgan fingerprint density at radius 2 is 2.32 bits per heavy atom. The molecule has 2 N–H and O–H groups in total. The van der Waals surface area contributed by atoms with Crippen molar-refractivity contribution < 1.29 is 9.53 Å². The van der Waals surface area contributed by atoms with Crippen molar-refractivity contribution in [3.05, 3.63) is 28.2 Å². The number of carbonyl (C=O) groups is 1. The Balaban J connectivity index is 1.88. The van der Waals surface area contributed by atoms with Crippen LogP contribution in [0.2, 0.25) is 0 Å². The van der Waals surface area contributed by atoms with Crippen LogP contribution < -0.4 is 10.5 Å². The van der Waals surface area contributed by atoms with Gasteiger partial charge in [-0.05, 0) is 65.7 Å². The van der Waals surface area contributed by atoms with E-state index in [-0.39, 0.29) is 11.9 Å². The third-order valence-electron chi connectivity index (χ3n) is 4.40. The lowest BCUT2D eigenvalue weighted by Crippen LogP contribution is -2.45. The van der Waals surface area contributed by atoms with E-state index in [1.165, 1.54) is 0 Å². The molecule has 0 aromatic heterocycles. The molecule has 122 valence electrons. The minimum Gasteiger partial charge on any atom is -0.496 e. The number of aryl methyl sites for hydroxylation is 1. The topological polar surface area (TPSA) is 55.6 Å². The SMILES string of the molecule is COc1ccc(CCC(=O)N2CCC[C@H]([C@@H](C)N)C2)cc1Br. The highest BCUT2D eigenvalue weighted by Crippen LogP contribution is 2.26. The van der Waals surface area contributed by atoms with Crippen LogP contribution >= 0.6 is 15.9 Å². The van der Waals surface area contributed by atoms with Crippen molar-refractivity contribution in [1.29, 1.82) is 0 Å². The standard InChI is InChI=1S/C17H25BrN2O2/c1-12(19)14-4-3-9-20(11-14)17(21)8-6-13-5-7-16(22-2)15(18)10-13/h5,7,10,12,14H,3-4,6,8-9,11,19H2,1-2H3/t12-,14+/m1/s1. The second kappa shape index (κ2) is 7.97. The number of benzene rings is 1. The summed E-state index contributed by atoms with van der Waals surface area (Å²) < 4.78 is 6.15. The number of nitrogens with zero attached hydrogens (tertiary/aromatic N) is 1. The van der Waals surface area contributed by atoms with Crippen molar-refractivity contribution in [2.45, 2.75) is 38.6 Å². The van der Waals surface area contributed by atoms with Gasteiger partial charge in [0.2, 0.25) is 5.91 Å². The third kappa shape index (κ3) is 4.46. The molecule has 1 aromatic rings. The van der Waals surface area contributed by atoms with Gasteiger partial charge in [-0.15, -0.1) is 0 Å². The fraction of sp³-hybridized carbons (Fsp3) is 0.588. The maximum Gasteiger partial charge on any atom is 0.222 e. The summed E-state index contributed by atoms with van der Waals surface area (Å²) in [5, 5.41) is 0. The fourth-order valence-electron chi connectivity index (χ4n) is 2.94. The predicted molar refractivity (Wildman–Crippen MR) is 92.0 cm³/mol. The van der Waals surface area contributed by atoms with Gasteiger partial charge in [0, 0.05) is 25.6 Å². The number of rotatable bonds is 5. The van der Waals surface area contributed by atoms with Gasteiger partial charge in [-0.2, -0.15) is 0 Å². The van der Waals surface area contributed by atoms with E-state index in [0.29, 0.717) is 12.3 Å². The lowest BCUT2D eigenvalue weighted by molar-refractivity contribution is -0.133. The minimum absolute atomic E-state index is 0.160. The number of carbonyl (C=O) groups excluding carboxylic acids is 1. The summed E-state index contributed by atoms with van der Waals surface area (Å²) in [7, 11) is 1.65. The first kappa shape index (κ1) is 17.3. The molecule has 0 spiro atoms. The number of hydrogen-bond donors (Lipinski definition) is 1. The number of likely N-dealkylation sites (tertiary alicyclic amines) is 1. The second-order valence-corrected chi connectivity index (χ2v) is 6.92. The highest BCUT2D eigenvalue weighted by Gasteiger charge is 2.25. The average molecular weight is 369 g/mol. The quantitative estimate of drug-likeness (QED) is 0.868. The zero-order chi connectivity index (χ0) is 16.1. The molecule has 1 aliphatic rings. The van der Waals surface area contributed by atoms with Crippen LogP contribution in [0.15, 0.2) is 22.7 Å². The number of hydrogen-bond acceptors (Lipinski definition) is 3. The zero-order valence-corrected chi connectivity index (χ0v) is 14.9. The highest BCUT2D eigenvalue weighted by atomic mass is 79.9. The largest absolute Gasteiger partial charge is 0.496 e. The van der Waals surface area contributed by atoms with E-state index in [4.69, 9.17) is 10.5 Å². The lowest BCUT2D eigenvalue weighted by Gasteiger charge is -2.34. The van der Waals surface area contributed by atoms with Crippen LogP contribution in [-0.4, -0.2) is 37.0 Å². The van der Waals surface area contributed by atoms with Crippen LogP contribution in [0.3, 0.4) is 0 Å². The van der Waals surface area contributed by atoms with Crippen molar-refractivity contribution in [2.75, 3.05) is 20.2 Å². The first-order valence-corrected chi connectivity index (χ1v) is 8.66. The van der Waals surface area contributed by atoms with Crippen molar-refractivity contribution in [3.63, 3.8) is 0 Å². The minimum atomic E-state index is 0.160. The van der Waals surface area contributed by atoms with Crippen LogP contribution in [0, 0.1) is 5.92 Å². The van der Waals surface area contributed by atoms with Gasteiger partial charge in [-0.1, -0.05) is 6.07 Å². The van der Waals surface area contributed by atoms with Crippen molar-refractivity contribution in [1.82, 2.24) is 4.90 Å². The number of ether oxygens (including phenoxy) is 1. The third-order valence-corrected chi connectivity index (χ3v) is 5.02. The Bertz CT molecular complexity index is 519. The van der Waals surface area contributed by atoms with Crippen LogP contribution in [0.25, 0.3) is 0 Å². The van der Waals surface area contributed by atoms with Crippen LogP contribution in [0.4, 0.5) is 0 Å². The molecule has 2 atom stereocenters. The van der Waals surface area contributed by atoms with Gasteiger partial charge in [0.05, 0.1) is 11.6 Å². The molecule has 5 heteroatoms. The van der Waals surface area contributed by atoms with Gasteiger partial charge in [-0.25, -0.2) is 0 Å². The molecule has 1 heterocycles. The van der Waals surface area contributed by atoms with Crippen LogP contribution in [-0.2, 0) is 11.2 Å². The van der Waals surface area contributed by atoms with Gasteiger partial charge in [0.15, 0.2) is 0 Å². The summed E-state index contributed by atoms with van der Waals surface area (Å²) in [6.07, 6.45) is 3.49. The number of halogens is 1. The Labute approximate surface area is 141 Å². The second-order valence-electron chi connectivity index (χ2n) is 6.07. The van der Waals surface area contributed by atoms with E-state index in [0.717, 1.165) is 48.1 Å². The van der Waals surface area contributed by atoms with E-state index in [2.05, 4.69) is 15.9 Å². The first-order valence-electron chi connectivity index (χ1n) is 7.87. The smallest absolute Gasteiger partial charge is 0.222 e. The van der Waals surface area contributed by atoms with E-state index < -0.39 is 0 Å². The molecule has 22 heavy (non-hydrogen) atoms. The summed E-state index contributed by atoms with van der Waals surface area (Å²) in [6, 6.07) is 6.12. The number of amides is 1. The highest BCUT2D eigenvalue weighted by molar-refractivity contribution is 9.10. The molecule has 0 bridgehead atoms. The normalized spacial score (nSPS) is 19.8. The number of methoxy groups -OCH3 is 1. The average Bonchev–Trinajstić information content (AvgIpc) is 2.52. The molecular weight excluding hydrogens is 344 g/mol. The molecule has 2 rings (SSSR count). The van der Waals surface area contributed by atoms with Crippen molar-refractivity contribution in [2.24, 2.45) is 11.7 Å². The van der Waals surface area contributed by atoms with Gasteiger partial charge in [0.1, 0.15) is 5.75 Å². The number of piperidine rings is 1. The molecule has 4 nitrogen and oxygen atoms in total. The molecule has 0 aliphatic carbocycles. The molecule has 0 radical (unpaired) electrons. The Morgan fingerprint density at radius 1 is 1.55 bits per heavy atom. The molecule has 0 unspecified atom stereocenters.